The Morgan fingerprint density at radius 1 is 1.11 bits per heavy atom. The van der Waals surface area contributed by atoms with Crippen molar-refractivity contribution in [3.63, 3.8) is 0 Å². The summed E-state index contributed by atoms with van der Waals surface area (Å²) in [5.74, 6) is 1.49. The molecule has 0 aliphatic heterocycles. The average Bonchev–Trinajstić information content (AvgIpc) is 2.61. The monoisotopic (exact) mass is 496 g/mol. The second-order valence-electron chi connectivity index (χ2n) is 6.28. The fourth-order valence-corrected chi connectivity index (χ4v) is 4.10. The second kappa shape index (κ2) is 9.37. The molecule has 0 aromatic heterocycles. The summed E-state index contributed by atoms with van der Waals surface area (Å²) in [5, 5.41) is 4.11. The number of halogens is 2. The van der Waals surface area contributed by atoms with Crippen molar-refractivity contribution in [2.24, 2.45) is 5.10 Å². The molecule has 0 aliphatic rings. The first kappa shape index (κ1) is 21.4. The van der Waals surface area contributed by atoms with Crippen LogP contribution in [0.25, 0.3) is 0 Å². The van der Waals surface area contributed by atoms with E-state index in [4.69, 9.17) is 9.47 Å². The molecule has 2 aromatic carbocycles. The number of methoxy groups -OCH3 is 2. The van der Waals surface area contributed by atoms with E-state index < -0.39 is 0 Å². The lowest BCUT2D eigenvalue weighted by molar-refractivity contribution is 0.0955. The third kappa shape index (κ3) is 5.11. The molecule has 0 fully saturated rings. The van der Waals surface area contributed by atoms with E-state index in [9.17, 15) is 4.79 Å². The predicted octanol–water partition coefficient (Wildman–Crippen LogP) is 5.42. The molecule has 0 spiro atoms. The molecule has 2 aromatic rings. The number of ether oxygens (including phenoxy) is 2. The maximum Gasteiger partial charge on any atom is 0.271 e. The van der Waals surface area contributed by atoms with Gasteiger partial charge in [0.2, 0.25) is 0 Å². The Balaban J connectivity index is 2.20. The van der Waals surface area contributed by atoms with Gasteiger partial charge in [-0.1, -0.05) is 13.8 Å². The van der Waals surface area contributed by atoms with Crippen LogP contribution in [0.4, 0.5) is 0 Å². The highest BCUT2D eigenvalue weighted by atomic mass is 79.9. The molecule has 0 bridgehead atoms. The number of benzene rings is 2. The molecule has 0 aliphatic carbocycles. The van der Waals surface area contributed by atoms with Crippen molar-refractivity contribution in [1.82, 2.24) is 5.43 Å². The van der Waals surface area contributed by atoms with Gasteiger partial charge in [0.1, 0.15) is 11.5 Å². The Morgan fingerprint density at radius 3 is 2.26 bits per heavy atom. The number of nitrogens with one attached hydrogen (secondary N) is 1. The fraction of sp³-hybridized carbons (Fsp3) is 0.300. The Kier molecular flexibility index (Phi) is 7.44. The minimum atomic E-state index is -0.314. The van der Waals surface area contributed by atoms with Gasteiger partial charge in [0.25, 0.3) is 5.91 Å². The van der Waals surface area contributed by atoms with Gasteiger partial charge in [-0.25, -0.2) is 5.43 Å². The normalized spacial score (nSPS) is 11.1. The van der Waals surface area contributed by atoms with Crippen molar-refractivity contribution in [3.8, 4) is 11.5 Å². The van der Waals surface area contributed by atoms with E-state index in [-0.39, 0.29) is 5.91 Å². The number of hydrogen-bond donors (Lipinski definition) is 1. The largest absolute Gasteiger partial charge is 0.496 e. The van der Waals surface area contributed by atoms with Crippen LogP contribution in [0.2, 0.25) is 0 Å². The summed E-state index contributed by atoms with van der Waals surface area (Å²) in [5.41, 5.74) is 6.06. The van der Waals surface area contributed by atoms with Gasteiger partial charge >= 0.3 is 0 Å². The topological polar surface area (TPSA) is 59.9 Å². The summed E-state index contributed by atoms with van der Waals surface area (Å²) >= 11 is 6.78. The van der Waals surface area contributed by atoms with Crippen LogP contribution in [0.15, 0.2) is 38.3 Å². The van der Waals surface area contributed by atoms with Crippen LogP contribution < -0.4 is 14.9 Å². The molecule has 5 nitrogen and oxygen atoms in total. The number of rotatable bonds is 6. The minimum Gasteiger partial charge on any atom is -0.496 e. The van der Waals surface area contributed by atoms with Gasteiger partial charge in [0.15, 0.2) is 0 Å². The molecule has 0 unspecified atom stereocenters. The molecule has 0 saturated heterocycles. The minimum absolute atomic E-state index is 0.314. The lowest BCUT2D eigenvalue weighted by Crippen LogP contribution is -2.18. The molecule has 27 heavy (non-hydrogen) atoms. The number of hydrazone groups is 1. The number of nitrogens with zero attached hydrogens (tertiary/aromatic N) is 1. The Morgan fingerprint density at radius 2 is 1.74 bits per heavy atom. The van der Waals surface area contributed by atoms with E-state index in [1.54, 1.807) is 32.6 Å². The number of hydrogen-bond acceptors (Lipinski definition) is 4. The zero-order valence-electron chi connectivity index (χ0n) is 15.9. The van der Waals surface area contributed by atoms with E-state index in [0.29, 0.717) is 26.2 Å². The molecule has 0 heterocycles. The van der Waals surface area contributed by atoms with Crippen LogP contribution in [0.5, 0.6) is 11.5 Å². The maximum atomic E-state index is 12.4. The molecule has 0 saturated carbocycles. The van der Waals surface area contributed by atoms with Crippen molar-refractivity contribution in [3.05, 3.63) is 55.5 Å². The number of carbonyl (C=O) groups is 1. The van der Waals surface area contributed by atoms with E-state index in [2.05, 4.69) is 56.2 Å². The van der Waals surface area contributed by atoms with Gasteiger partial charge in [-0.3, -0.25) is 4.79 Å². The van der Waals surface area contributed by atoms with Crippen LogP contribution in [0.1, 0.15) is 46.8 Å². The summed E-state index contributed by atoms with van der Waals surface area (Å²) < 4.78 is 12.1. The molecule has 1 amide bonds. The van der Waals surface area contributed by atoms with Gasteiger partial charge in [-0.05, 0) is 85.7 Å². The summed E-state index contributed by atoms with van der Waals surface area (Å²) in [6.45, 7) is 6.19. The Bertz CT molecular complexity index is 857. The maximum absolute atomic E-state index is 12.4. The molecular formula is C20H22Br2N2O3. The standard InChI is InChI=1S/C20H22Br2N2O3/c1-11(2)15-7-14(12(3)6-18(15)26-4)10-23-24-20(25)13-8-16(21)19(27-5)17(22)9-13/h6-11H,1-5H3,(H,24,25). The zero-order chi connectivity index (χ0) is 20.1. The molecule has 0 radical (unpaired) electrons. The van der Waals surface area contributed by atoms with Crippen LogP contribution in [0, 0.1) is 6.92 Å². The fourth-order valence-electron chi connectivity index (χ4n) is 2.59. The van der Waals surface area contributed by atoms with Crippen LogP contribution >= 0.6 is 31.9 Å². The van der Waals surface area contributed by atoms with E-state index in [1.807, 2.05) is 19.1 Å². The smallest absolute Gasteiger partial charge is 0.271 e. The summed E-state index contributed by atoms with van der Waals surface area (Å²) in [4.78, 5) is 12.4. The van der Waals surface area contributed by atoms with Crippen molar-refractivity contribution >= 4 is 44.0 Å². The van der Waals surface area contributed by atoms with Crippen molar-refractivity contribution < 1.29 is 14.3 Å². The Labute approximate surface area is 176 Å². The molecule has 1 N–H and O–H groups in total. The molecule has 0 atom stereocenters. The van der Waals surface area contributed by atoms with Crippen molar-refractivity contribution in [2.45, 2.75) is 26.7 Å². The van der Waals surface area contributed by atoms with Gasteiger partial charge in [0, 0.05) is 5.56 Å². The first-order valence-corrected chi connectivity index (χ1v) is 9.92. The molecular weight excluding hydrogens is 476 g/mol. The lowest BCUT2D eigenvalue weighted by atomic mass is 9.97. The number of carbonyl (C=O) groups excluding carboxylic acids is 1. The van der Waals surface area contributed by atoms with E-state index >= 15 is 0 Å². The summed E-state index contributed by atoms with van der Waals surface area (Å²) in [6, 6.07) is 7.39. The van der Waals surface area contributed by atoms with Gasteiger partial charge in [-0.2, -0.15) is 5.10 Å². The lowest BCUT2D eigenvalue weighted by Gasteiger charge is -2.14. The summed E-state index contributed by atoms with van der Waals surface area (Å²) in [7, 11) is 3.23. The molecule has 144 valence electrons. The van der Waals surface area contributed by atoms with Crippen LogP contribution in [0.3, 0.4) is 0 Å². The molecule has 7 heteroatoms. The summed E-state index contributed by atoms with van der Waals surface area (Å²) in [6.07, 6.45) is 1.65. The van der Waals surface area contributed by atoms with Gasteiger partial charge < -0.3 is 9.47 Å². The predicted molar refractivity (Wildman–Crippen MR) is 115 cm³/mol. The highest BCUT2D eigenvalue weighted by Crippen LogP contribution is 2.34. The first-order valence-electron chi connectivity index (χ1n) is 8.33. The average molecular weight is 498 g/mol. The number of aryl methyl sites for hydroxylation is 1. The zero-order valence-corrected chi connectivity index (χ0v) is 19.1. The van der Waals surface area contributed by atoms with E-state index in [0.717, 1.165) is 22.4 Å². The SMILES string of the molecule is COc1cc(C)c(C=NNC(=O)c2cc(Br)c(OC)c(Br)c2)cc1C(C)C. The Hall–Kier alpha value is -1.86. The number of amides is 1. The van der Waals surface area contributed by atoms with Gasteiger partial charge in [-0.15, -0.1) is 0 Å². The highest BCUT2D eigenvalue weighted by molar-refractivity contribution is 9.11. The third-order valence-corrected chi connectivity index (χ3v) is 5.25. The third-order valence-electron chi connectivity index (χ3n) is 4.07. The van der Waals surface area contributed by atoms with Crippen LogP contribution in [-0.2, 0) is 0 Å². The van der Waals surface area contributed by atoms with Gasteiger partial charge in [0.05, 0.1) is 29.4 Å². The highest BCUT2D eigenvalue weighted by Gasteiger charge is 2.13. The quantitative estimate of drug-likeness (QED) is 0.428. The molecule has 2 rings (SSSR count). The first-order chi connectivity index (χ1) is 12.8. The van der Waals surface area contributed by atoms with Crippen LogP contribution in [-0.4, -0.2) is 26.3 Å². The van der Waals surface area contributed by atoms with Crippen molar-refractivity contribution in [2.75, 3.05) is 14.2 Å². The van der Waals surface area contributed by atoms with Crippen molar-refractivity contribution in [1.29, 1.82) is 0 Å². The second-order valence-corrected chi connectivity index (χ2v) is 7.99. The van der Waals surface area contributed by atoms with E-state index in [1.165, 1.54) is 0 Å².